The maximum absolute atomic E-state index is 14.6. The predicted octanol–water partition coefficient (Wildman–Crippen LogP) is 6.97. The minimum Gasteiger partial charge on any atom is -0.376 e. The fraction of sp³-hybridized carbons (Fsp3) is 0.435. The minimum atomic E-state index is -0.784. The molecule has 2 nitrogen and oxygen atoms in total. The molecule has 29 heavy (non-hydrogen) atoms. The van der Waals surface area contributed by atoms with Gasteiger partial charge in [0, 0.05) is 40.1 Å². The Morgan fingerprint density at radius 2 is 1.66 bits per heavy atom. The molecule has 0 saturated heterocycles. The second-order valence-corrected chi connectivity index (χ2v) is 8.35. The van der Waals surface area contributed by atoms with Crippen molar-refractivity contribution in [3.63, 3.8) is 0 Å². The van der Waals surface area contributed by atoms with Crippen LogP contribution in [0, 0.1) is 23.5 Å². The van der Waals surface area contributed by atoms with Crippen molar-refractivity contribution in [3.05, 3.63) is 69.2 Å². The van der Waals surface area contributed by atoms with Crippen molar-refractivity contribution in [1.82, 2.24) is 0 Å². The van der Waals surface area contributed by atoms with Gasteiger partial charge in [-0.1, -0.05) is 54.6 Å². The van der Waals surface area contributed by atoms with Gasteiger partial charge in [0.15, 0.2) is 0 Å². The minimum absolute atomic E-state index is 0.0461. The maximum atomic E-state index is 14.6. The number of rotatable bonds is 5. The standard InChI is InChI=1S/C23H24Cl2F2O2/c1-29-23(21-18(25)10-6-12-20(21)27)15-8-4-2-3-7-14(22(15)28)13-16-17(24)9-5-11-19(16)26/h5-6,9-12,14-15,23H,2-4,7-8,13H2,1H3. The number of benzene rings is 2. The predicted molar refractivity (Wildman–Crippen MR) is 111 cm³/mol. The van der Waals surface area contributed by atoms with E-state index < -0.39 is 29.6 Å². The number of carbonyl (C=O) groups excluding carboxylic acids is 1. The molecule has 0 heterocycles. The van der Waals surface area contributed by atoms with Crippen LogP contribution >= 0.6 is 23.2 Å². The van der Waals surface area contributed by atoms with E-state index in [1.54, 1.807) is 18.2 Å². The van der Waals surface area contributed by atoms with Crippen LogP contribution in [0.3, 0.4) is 0 Å². The van der Waals surface area contributed by atoms with Crippen molar-refractivity contribution < 1.29 is 18.3 Å². The van der Waals surface area contributed by atoms with Crippen LogP contribution in [0.1, 0.15) is 49.3 Å². The van der Waals surface area contributed by atoms with Gasteiger partial charge in [-0.15, -0.1) is 0 Å². The van der Waals surface area contributed by atoms with Gasteiger partial charge < -0.3 is 4.74 Å². The summed E-state index contributed by atoms with van der Waals surface area (Å²) in [6, 6.07) is 8.96. The molecule has 6 heteroatoms. The van der Waals surface area contributed by atoms with Crippen LogP contribution in [-0.4, -0.2) is 12.9 Å². The normalized spacial score (nSPS) is 21.5. The number of Topliss-reactive ketones (excluding diaryl/α,β-unsaturated/α-hetero) is 1. The summed E-state index contributed by atoms with van der Waals surface area (Å²) in [5.74, 6) is -1.91. The highest BCUT2D eigenvalue weighted by molar-refractivity contribution is 6.31. The summed E-state index contributed by atoms with van der Waals surface area (Å²) in [6.07, 6.45) is 3.33. The van der Waals surface area contributed by atoms with Crippen molar-refractivity contribution in [2.75, 3.05) is 7.11 Å². The maximum Gasteiger partial charge on any atom is 0.142 e. The Kier molecular flexibility index (Phi) is 7.66. The van der Waals surface area contributed by atoms with E-state index >= 15 is 0 Å². The molecule has 2 aromatic carbocycles. The zero-order chi connectivity index (χ0) is 21.0. The largest absolute Gasteiger partial charge is 0.376 e. The number of hydrogen-bond donors (Lipinski definition) is 0. The molecule has 0 radical (unpaired) electrons. The highest BCUT2D eigenvalue weighted by Crippen LogP contribution is 2.40. The Morgan fingerprint density at radius 3 is 2.31 bits per heavy atom. The quantitative estimate of drug-likeness (QED) is 0.501. The Morgan fingerprint density at radius 1 is 1.00 bits per heavy atom. The van der Waals surface area contributed by atoms with Crippen molar-refractivity contribution >= 4 is 29.0 Å². The number of ketones is 1. The molecule has 1 saturated carbocycles. The molecule has 156 valence electrons. The van der Waals surface area contributed by atoms with Crippen molar-refractivity contribution in [1.29, 1.82) is 0 Å². The zero-order valence-electron chi connectivity index (χ0n) is 16.3. The number of methoxy groups -OCH3 is 1. The fourth-order valence-electron chi connectivity index (χ4n) is 4.26. The molecule has 0 amide bonds. The molecular weight excluding hydrogens is 417 g/mol. The smallest absolute Gasteiger partial charge is 0.142 e. The van der Waals surface area contributed by atoms with Gasteiger partial charge >= 0.3 is 0 Å². The first-order valence-corrected chi connectivity index (χ1v) is 10.6. The third kappa shape index (κ3) is 4.99. The molecule has 3 atom stereocenters. The summed E-state index contributed by atoms with van der Waals surface area (Å²) < 4.78 is 34.5. The third-order valence-corrected chi connectivity index (χ3v) is 6.44. The monoisotopic (exact) mass is 440 g/mol. The third-order valence-electron chi connectivity index (χ3n) is 5.75. The molecule has 1 aliphatic carbocycles. The van der Waals surface area contributed by atoms with E-state index in [2.05, 4.69) is 0 Å². The van der Waals surface area contributed by atoms with E-state index in [0.29, 0.717) is 23.4 Å². The Hall–Kier alpha value is -1.49. The topological polar surface area (TPSA) is 26.3 Å². The van der Waals surface area contributed by atoms with E-state index in [1.165, 1.54) is 25.3 Å². The van der Waals surface area contributed by atoms with Gasteiger partial charge in [0.1, 0.15) is 17.4 Å². The molecule has 0 aromatic heterocycles. The van der Waals surface area contributed by atoms with Crippen LogP contribution in [0.4, 0.5) is 8.78 Å². The molecule has 0 spiro atoms. The van der Waals surface area contributed by atoms with Crippen LogP contribution in [-0.2, 0) is 16.0 Å². The van der Waals surface area contributed by atoms with Gasteiger partial charge in [-0.25, -0.2) is 8.78 Å². The first-order valence-electron chi connectivity index (χ1n) is 9.87. The molecule has 0 bridgehead atoms. The van der Waals surface area contributed by atoms with E-state index in [-0.39, 0.29) is 22.8 Å². The molecule has 3 unspecified atom stereocenters. The number of hydrogen-bond acceptors (Lipinski definition) is 2. The molecule has 0 N–H and O–H groups in total. The lowest BCUT2D eigenvalue weighted by atomic mass is 9.76. The fourth-order valence-corrected chi connectivity index (χ4v) is 4.77. The lowest BCUT2D eigenvalue weighted by Gasteiger charge is -2.31. The molecule has 1 fully saturated rings. The summed E-state index contributed by atoms with van der Waals surface area (Å²) in [4.78, 5) is 13.5. The summed E-state index contributed by atoms with van der Waals surface area (Å²) in [6.45, 7) is 0. The van der Waals surface area contributed by atoms with E-state index in [4.69, 9.17) is 27.9 Å². The van der Waals surface area contributed by atoms with Crippen LogP contribution in [0.25, 0.3) is 0 Å². The van der Waals surface area contributed by atoms with Gasteiger partial charge in [0.05, 0.1) is 6.10 Å². The summed E-state index contributed by atoms with van der Waals surface area (Å²) in [5, 5.41) is 0.553. The van der Waals surface area contributed by atoms with Crippen LogP contribution in [0.15, 0.2) is 36.4 Å². The summed E-state index contributed by atoms with van der Waals surface area (Å²) in [7, 11) is 1.46. The Bertz CT molecular complexity index is 831. The lowest BCUT2D eigenvalue weighted by molar-refractivity contribution is -0.133. The molecule has 2 aromatic rings. The lowest BCUT2D eigenvalue weighted by Crippen LogP contribution is -2.32. The van der Waals surface area contributed by atoms with Crippen molar-refractivity contribution in [2.24, 2.45) is 11.8 Å². The molecule has 1 aliphatic rings. The Balaban J connectivity index is 1.94. The Labute approximate surface area is 180 Å². The molecular formula is C23H24Cl2F2O2. The molecule has 0 aliphatic heterocycles. The van der Waals surface area contributed by atoms with E-state index in [1.807, 2.05) is 0 Å². The second-order valence-electron chi connectivity index (χ2n) is 7.54. The van der Waals surface area contributed by atoms with Gasteiger partial charge in [0.2, 0.25) is 0 Å². The number of halogens is 4. The second kappa shape index (κ2) is 10.0. The summed E-state index contributed by atoms with van der Waals surface area (Å²) in [5.41, 5.74) is 0.558. The number of ether oxygens (including phenoxy) is 1. The first kappa shape index (κ1) is 22.2. The van der Waals surface area contributed by atoms with Crippen LogP contribution in [0.2, 0.25) is 10.0 Å². The highest BCUT2D eigenvalue weighted by Gasteiger charge is 2.37. The van der Waals surface area contributed by atoms with Gasteiger partial charge in [-0.3, -0.25) is 4.79 Å². The van der Waals surface area contributed by atoms with Gasteiger partial charge in [-0.2, -0.15) is 0 Å². The highest BCUT2D eigenvalue weighted by atomic mass is 35.5. The number of carbonyl (C=O) groups is 1. The first-order chi connectivity index (χ1) is 13.9. The molecule has 3 rings (SSSR count). The van der Waals surface area contributed by atoms with Gasteiger partial charge in [-0.05, 0) is 43.5 Å². The average molecular weight is 441 g/mol. The van der Waals surface area contributed by atoms with Crippen molar-refractivity contribution in [2.45, 2.75) is 44.6 Å². The van der Waals surface area contributed by atoms with Crippen LogP contribution < -0.4 is 0 Å². The van der Waals surface area contributed by atoms with Crippen molar-refractivity contribution in [3.8, 4) is 0 Å². The SMILES string of the molecule is COC(c1c(F)cccc1Cl)C1CCCCCC(Cc2c(F)cccc2Cl)C1=O. The summed E-state index contributed by atoms with van der Waals surface area (Å²) >= 11 is 12.4. The van der Waals surface area contributed by atoms with Gasteiger partial charge in [0.25, 0.3) is 0 Å². The van der Waals surface area contributed by atoms with Crippen LogP contribution in [0.5, 0.6) is 0 Å². The average Bonchev–Trinajstić information content (AvgIpc) is 2.68. The zero-order valence-corrected chi connectivity index (χ0v) is 17.8. The van der Waals surface area contributed by atoms with E-state index in [0.717, 1.165) is 19.3 Å². The van der Waals surface area contributed by atoms with E-state index in [9.17, 15) is 13.6 Å².